The van der Waals surface area contributed by atoms with E-state index in [0.29, 0.717) is 5.76 Å². The number of halogens is 3. The van der Waals surface area contributed by atoms with E-state index in [4.69, 9.17) is 4.42 Å². The molecule has 1 amide bonds. The molecule has 0 bridgehead atoms. The second-order valence-corrected chi connectivity index (χ2v) is 4.72. The second kappa shape index (κ2) is 5.63. The number of hydrogen-bond donors (Lipinski definition) is 1. The first-order valence-corrected chi connectivity index (χ1v) is 6.32. The number of furan rings is 1. The summed E-state index contributed by atoms with van der Waals surface area (Å²) in [6.07, 6.45) is -4.41. The fourth-order valence-electron chi connectivity index (χ4n) is 1.85. The lowest BCUT2D eigenvalue weighted by Crippen LogP contribution is -2.26. The summed E-state index contributed by atoms with van der Waals surface area (Å²) in [5.74, 6) is 0.860. The molecule has 0 aliphatic carbocycles. The average Bonchev–Trinajstić information content (AvgIpc) is 2.84. The molecule has 1 aromatic carbocycles. The van der Waals surface area contributed by atoms with Gasteiger partial charge in [0.1, 0.15) is 11.5 Å². The van der Waals surface area contributed by atoms with Gasteiger partial charge in [0.15, 0.2) is 0 Å². The minimum atomic E-state index is -4.41. The number of amides is 1. The van der Waals surface area contributed by atoms with Crippen LogP contribution in [-0.2, 0) is 6.18 Å². The van der Waals surface area contributed by atoms with Gasteiger partial charge in [0.25, 0.3) is 5.91 Å². The fourth-order valence-corrected chi connectivity index (χ4v) is 1.85. The van der Waals surface area contributed by atoms with Crippen LogP contribution in [0.1, 0.15) is 40.4 Å². The zero-order valence-corrected chi connectivity index (χ0v) is 11.5. The maximum absolute atomic E-state index is 12.4. The summed E-state index contributed by atoms with van der Waals surface area (Å²) in [5, 5.41) is 2.67. The van der Waals surface area contributed by atoms with Crippen molar-refractivity contribution in [3.8, 4) is 0 Å². The number of alkyl halides is 3. The van der Waals surface area contributed by atoms with Crippen LogP contribution < -0.4 is 5.32 Å². The SMILES string of the molecule is Cc1ccc(C(C)NC(=O)c2ccc(C(F)(F)F)cc2)o1. The highest BCUT2D eigenvalue weighted by molar-refractivity contribution is 5.94. The Morgan fingerprint density at radius 1 is 1.14 bits per heavy atom. The molecule has 1 atom stereocenters. The minimum absolute atomic E-state index is 0.165. The topological polar surface area (TPSA) is 42.2 Å². The molecule has 0 saturated heterocycles. The van der Waals surface area contributed by atoms with Crippen LogP contribution in [0, 0.1) is 6.92 Å². The van der Waals surface area contributed by atoms with Gasteiger partial charge in [0.05, 0.1) is 11.6 Å². The van der Waals surface area contributed by atoms with Crippen molar-refractivity contribution in [1.82, 2.24) is 5.32 Å². The van der Waals surface area contributed by atoms with Gasteiger partial charge in [-0.3, -0.25) is 4.79 Å². The van der Waals surface area contributed by atoms with Crippen LogP contribution in [-0.4, -0.2) is 5.91 Å². The van der Waals surface area contributed by atoms with Crippen molar-refractivity contribution in [3.63, 3.8) is 0 Å². The summed E-state index contributed by atoms with van der Waals surface area (Å²) < 4.78 is 42.7. The molecule has 3 nitrogen and oxygen atoms in total. The van der Waals surface area contributed by atoms with Crippen molar-refractivity contribution < 1.29 is 22.4 Å². The quantitative estimate of drug-likeness (QED) is 0.927. The third-order valence-corrected chi connectivity index (χ3v) is 3.01. The molecule has 1 N–H and O–H groups in total. The number of hydrogen-bond acceptors (Lipinski definition) is 2. The third kappa shape index (κ3) is 3.65. The molecule has 0 radical (unpaired) electrons. The van der Waals surface area contributed by atoms with Gasteiger partial charge in [-0.05, 0) is 50.2 Å². The fraction of sp³-hybridized carbons (Fsp3) is 0.267. The van der Waals surface area contributed by atoms with Gasteiger partial charge in [-0.1, -0.05) is 0 Å². The zero-order chi connectivity index (χ0) is 15.6. The Morgan fingerprint density at radius 3 is 2.24 bits per heavy atom. The molecular formula is C15H14F3NO2. The molecule has 6 heteroatoms. The predicted molar refractivity (Wildman–Crippen MR) is 70.8 cm³/mol. The van der Waals surface area contributed by atoms with Crippen LogP contribution in [0.15, 0.2) is 40.8 Å². The lowest BCUT2D eigenvalue weighted by molar-refractivity contribution is -0.137. The Labute approximate surface area is 119 Å². The van der Waals surface area contributed by atoms with Crippen LogP contribution >= 0.6 is 0 Å². The molecular weight excluding hydrogens is 283 g/mol. The van der Waals surface area contributed by atoms with Crippen molar-refractivity contribution in [2.24, 2.45) is 0 Å². The second-order valence-electron chi connectivity index (χ2n) is 4.72. The van der Waals surface area contributed by atoms with E-state index in [1.54, 1.807) is 26.0 Å². The highest BCUT2D eigenvalue weighted by atomic mass is 19.4. The lowest BCUT2D eigenvalue weighted by Gasteiger charge is -2.12. The molecule has 112 valence electrons. The minimum Gasteiger partial charge on any atom is -0.464 e. The standard InChI is InChI=1S/C15H14F3NO2/c1-9-3-8-13(21-9)10(2)19-14(20)11-4-6-12(7-5-11)15(16,17)18/h3-8,10H,1-2H3,(H,19,20). The first-order valence-electron chi connectivity index (χ1n) is 6.32. The van der Waals surface area contributed by atoms with Gasteiger partial charge in [0.2, 0.25) is 0 Å². The molecule has 2 aromatic rings. The van der Waals surface area contributed by atoms with Crippen molar-refractivity contribution >= 4 is 5.91 Å². The van der Waals surface area contributed by atoms with Gasteiger partial charge in [0, 0.05) is 5.56 Å². The molecule has 0 aliphatic heterocycles. The molecule has 0 spiro atoms. The molecule has 1 unspecified atom stereocenters. The van der Waals surface area contributed by atoms with Crippen LogP contribution in [0.2, 0.25) is 0 Å². The van der Waals surface area contributed by atoms with E-state index in [-0.39, 0.29) is 11.6 Å². The van der Waals surface area contributed by atoms with E-state index in [2.05, 4.69) is 5.32 Å². The van der Waals surface area contributed by atoms with Crippen molar-refractivity contribution in [2.45, 2.75) is 26.1 Å². The zero-order valence-electron chi connectivity index (χ0n) is 11.5. The Bertz CT molecular complexity index is 629. The Kier molecular flexibility index (Phi) is 4.06. The first-order chi connectivity index (χ1) is 9.77. The number of benzene rings is 1. The Balaban J connectivity index is 2.06. The molecule has 1 aromatic heterocycles. The van der Waals surface area contributed by atoms with E-state index in [0.717, 1.165) is 30.0 Å². The molecule has 1 heterocycles. The van der Waals surface area contributed by atoms with Gasteiger partial charge < -0.3 is 9.73 Å². The molecule has 0 aliphatic rings. The molecule has 0 fully saturated rings. The summed E-state index contributed by atoms with van der Waals surface area (Å²) in [5.41, 5.74) is -0.619. The molecule has 21 heavy (non-hydrogen) atoms. The summed E-state index contributed by atoms with van der Waals surface area (Å²) in [6, 6.07) is 7.22. The number of rotatable bonds is 3. The molecule has 2 rings (SSSR count). The van der Waals surface area contributed by atoms with Crippen LogP contribution in [0.4, 0.5) is 13.2 Å². The number of nitrogens with one attached hydrogen (secondary N) is 1. The van der Waals surface area contributed by atoms with Crippen molar-refractivity contribution in [2.75, 3.05) is 0 Å². The number of carbonyl (C=O) groups is 1. The third-order valence-electron chi connectivity index (χ3n) is 3.01. The highest BCUT2D eigenvalue weighted by Gasteiger charge is 2.30. The number of carbonyl (C=O) groups excluding carboxylic acids is 1. The van der Waals surface area contributed by atoms with Crippen molar-refractivity contribution in [3.05, 3.63) is 59.0 Å². The summed E-state index contributed by atoms with van der Waals surface area (Å²) >= 11 is 0. The largest absolute Gasteiger partial charge is 0.464 e. The van der Waals surface area contributed by atoms with E-state index < -0.39 is 17.6 Å². The number of aryl methyl sites for hydroxylation is 1. The normalized spacial score (nSPS) is 13.0. The van der Waals surface area contributed by atoms with Gasteiger partial charge in [-0.2, -0.15) is 13.2 Å². The van der Waals surface area contributed by atoms with E-state index in [1.165, 1.54) is 0 Å². The molecule has 0 saturated carbocycles. The Morgan fingerprint density at radius 2 is 1.76 bits per heavy atom. The average molecular weight is 297 g/mol. The van der Waals surface area contributed by atoms with E-state index in [9.17, 15) is 18.0 Å². The van der Waals surface area contributed by atoms with Gasteiger partial charge in [-0.15, -0.1) is 0 Å². The Hall–Kier alpha value is -2.24. The van der Waals surface area contributed by atoms with Crippen LogP contribution in [0.5, 0.6) is 0 Å². The maximum atomic E-state index is 12.4. The van der Waals surface area contributed by atoms with Crippen LogP contribution in [0.25, 0.3) is 0 Å². The highest BCUT2D eigenvalue weighted by Crippen LogP contribution is 2.29. The maximum Gasteiger partial charge on any atom is 0.416 e. The van der Waals surface area contributed by atoms with Crippen molar-refractivity contribution in [1.29, 1.82) is 0 Å². The summed E-state index contributed by atoms with van der Waals surface area (Å²) in [7, 11) is 0. The predicted octanol–water partition coefficient (Wildman–Crippen LogP) is 4.10. The van der Waals surface area contributed by atoms with Crippen LogP contribution in [0.3, 0.4) is 0 Å². The smallest absolute Gasteiger partial charge is 0.416 e. The monoisotopic (exact) mass is 297 g/mol. The summed E-state index contributed by atoms with van der Waals surface area (Å²) in [4.78, 5) is 12.0. The van der Waals surface area contributed by atoms with E-state index in [1.807, 2.05) is 0 Å². The van der Waals surface area contributed by atoms with E-state index >= 15 is 0 Å². The first kappa shape index (κ1) is 15.2. The van der Waals surface area contributed by atoms with Gasteiger partial charge in [-0.25, -0.2) is 0 Å². The van der Waals surface area contributed by atoms with Gasteiger partial charge >= 0.3 is 6.18 Å². The summed E-state index contributed by atoms with van der Waals surface area (Å²) in [6.45, 7) is 3.52. The lowest BCUT2D eigenvalue weighted by atomic mass is 10.1.